The van der Waals surface area contributed by atoms with E-state index in [2.05, 4.69) is 87.8 Å². The summed E-state index contributed by atoms with van der Waals surface area (Å²) in [6, 6.07) is 8.70. The summed E-state index contributed by atoms with van der Waals surface area (Å²) < 4.78 is 0. The summed E-state index contributed by atoms with van der Waals surface area (Å²) in [5, 5.41) is 11.6. The van der Waals surface area contributed by atoms with E-state index in [1.54, 1.807) is 0 Å². The Labute approximate surface area is 163 Å². The third-order valence-electron chi connectivity index (χ3n) is 5.47. The van der Waals surface area contributed by atoms with E-state index in [4.69, 9.17) is 0 Å². The van der Waals surface area contributed by atoms with E-state index in [1.807, 2.05) is 0 Å². The first kappa shape index (κ1) is 19.3. The van der Waals surface area contributed by atoms with E-state index >= 15 is 0 Å². The summed E-state index contributed by atoms with van der Waals surface area (Å²) in [5.41, 5.74) is 9.27. The molecule has 0 saturated heterocycles. The molecule has 0 unspecified atom stereocenters. The molecular formula is C24H31N3. The molecular weight excluding hydrogens is 330 g/mol. The number of rotatable bonds is 2. The average Bonchev–Trinajstić information content (AvgIpc) is 2.61. The van der Waals surface area contributed by atoms with Gasteiger partial charge in [-0.05, 0) is 71.6 Å². The second kappa shape index (κ2) is 7.67. The molecule has 3 rings (SSSR count). The van der Waals surface area contributed by atoms with Gasteiger partial charge in [-0.3, -0.25) is 0 Å². The largest absolute Gasteiger partial charge is 0.350 e. The molecule has 0 bridgehead atoms. The third kappa shape index (κ3) is 3.69. The fourth-order valence-corrected chi connectivity index (χ4v) is 4.20. The van der Waals surface area contributed by atoms with Gasteiger partial charge >= 0.3 is 0 Å². The number of aromatic nitrogens is 2. The minimum atomic E-state index is 0.907. The molecule has 0 spiro atoms. The average molecular weight is 362 g/mol. The van der Waals surface area contributed by atoms with E-state index < -0.39 is 0 Å². The van der Waals surface area contributed by atoms with Crippen LogP contribution in [-0.2, 0) is 0 Å². The van der Waals surface area contributed by atoms with Crippen molar-refractivity contribution in [1.29, 1.82) is 0 Å². The lowest BCUT2D eigenvalue weighted by atomic mass is 9.91. The van der Waals surface area contributed by atoms with Gasteiger partial charge in [0, 0.05) is 23.5 Å². The fourth-order valence-electron chi connectivity index (χ4n) is 4.20. The molecule has 3 nitrogen and oxygen atoms in total. The van der Waals surface area contributed by atoms with E-state index in [1.165, 1.54) is 43.9 Å². The predicted molar refractivity (Wildman–Crippen MR) is 116 cm³/mol. The van der Waals surface area contributed by atoms with Gasteiger partial charge in [-0.1, -0.05) is 41.0 Å². The van der Waals surface area contributed by atoms with Crippen molar-refractivity contribution < 1.29 is 0 Å². The lowest BCUT2D eigenvalue weighted by Gasteiger charge is -2.31. The van der Waals surface area contributed by atoms with Crippen LogP contribution in [0.5, 0.6) is 0 Å². The molecule has 27 heavy (non-hydrogen) atoms. The smallest absolute Gasteiger partial charge is 0.159 e. The van der Waals surface area contributed by atoms with Crippen molar-refractivity contribution in [2.45, 2.75) is 54.9 Å². The van der Waals surface area contributed by atoms with Crippen LogP contribution in [-0.4, -0.2) is 23.3 Å². The van der Waals surface area contributed by atoms with Gasteiger partial charge in [0.1, 0.15) is 0 Å². The Kier molecular flexibility index (Phi) is 5.50. The van der Waals surface area contributed by atoms with Crippen LogP contribution >= 0.6 is 0 Å². The lowest BCUT2D eigenvalue weighted by Crippen LogP contribution is -2.42. The second-order valence-corrected chi connectivity index (χ2v) is 8.10. The van der Waals surface area contributed by atoms with Crippen molar-refractivity contribution >= 4 is 22.5 Å². The van der Waals surface area contributed by atoms with Crippen LogP contribution < -0.4 is 15.3 Å². The minimum absolute atomic E-state index is 0.907. The standard InChI is InChI=1S/C24H31N3/c1-15(2)22-19(7)25-26-24(23(22)16(3)4)27-13-12-21(18(6)14-27)20-11-9-8-10-17(20)5/h8-11H,12-14H2,1-7H3. The molecule has 0 aliphatic carbocycles. The summed E-state index contributed by atoms with van der Waals surface area (Å²) in [6.45, 7) is 17.1. The topological polar surface area (TPSA) is 29.0 Å². The maximum Gasteiger partial charge on any atom is 0.159 e. The zero-order valence-electron chi connectivity index (χ0n) is 17.8. The highest BCUT2D eigenvalue weighted by Crippen LogP contribution is 2.30. The summed E-state index contributed by atoms with van der Waals surface area (Å²) in [6.07, 6.45) is 1.04. The van der Waals surface area contributed by atoms with Gasteiger partial charge in [-0.15, -0.1) is 5.10 Å². The van der Waals surface area contributed by atoms with E-state index in [9.17, 15) is 0 Å². The van der Waals surface area contributed by atoms with Crippen LogP contribution in [0.1, 0.15) is 57.9 Å². The van der Waals surface area contributed by atoms with Crippen molar-refractivity contribution in [2.24, 2.45) is 0 Å². The number of nitrogens with zero attached hydrogens (tertiary/aromatic N) is 3. The summed E-state index contributed by atoms with van der Waals surface area (Å²) in [7, 11) is 0. The van der Waals surface area contributed by atoms with Crippen LogP contribution in [0.3, 0.4) is 0 Å². The van der Waals surface area contributed by atoms with Crippen LogP contribution in [0.25, 0.3) is 16.7 Å². The van der Waals surface area contributed by atoms with Crippen LogP contribution in [0.4, 0.5) is 5.82 Å². The minimum Gasteiger partial charge on any atom is -0.350 e. The highest BCUT2D eigenvalue weighted by atomic mass is 15.3. The molecule has 1 aliphatic heterocycles. The second-order valence-electron chi connectivity index (χ2n) is 8.10. The molecule has 0 amide bonds. The summed E-state index contributed by atoms with van der Waals surface area (Å²) in [5.74, 6) is 1.03. The van der Waals surface area contributed by atoms with Crippen LogP contribution in [0.15, 0.2) is 29.8 Å². The predicted octanol–water partition coefficient (Wildman–Crippen LogP) is 4.16. The van der Waals surface area contributed by atoms with Gasteiger partial charge in [0.05, 0.1) is 5.69 Å². The van der Waals surface area contributed by atoms with Gasteiger partial charge < -0.3 is 4.90 Å². The van der Waals surface area contributed by atoms with Crippen molar-refractivity contribution in [2.75, 3.05) is 18.0 Å². The molecule has 0 N–H and O–H groups in total. The van der Waals surface area contributed by atoms with Crippen molar-refractivity contribution in [3.05, 3.63) is 57.1 Å². The van der Waals surface area contributed by atoms with Crippen LogP contribution in [0, 0.1) is 13.8 Å². The molecule has 0 saturated carbocycles. The Morgan fingerprint density at radius 2 is 1.56 bits per heavy atom. The first-order chi connectivity index (χ1) is 12.8. The Morgan fingerprint density at radius 3 is 2.15 bits per heavy atom. The Balaban J connectivity index is 2.10. The van der Waals surface area contributed by atoms with E-state index in [0.717, 1.165) is 31.0 Å². The quantitative estimate of drug-likeness (QED) is 0.804. The molecule has 0 fully saturated rings. The van der Waals surface area contributed by atoms with Gasteiger partial charge in [-0.2, -0.15) is 5.10 Å². The Hall–Kier alpha value is -2.42. The van der Waals surface area contributed by atoms with E-state index in [0.29, 0.717) is 0 Å². The van der Waals surface area contributed by atoms with Crippen LogP contribution in [0.2, 0.25) is 0 Å². The number of benzene rings is 1. The molecule has 2 aromatic rings. The lowest BCUT2D eigenvalue weighted by molar-refractivity contribution is 0.765. The van der Waals surface area contributed by atoms with Crippen molar-refractivity contribution in [3.63, 3.8) is 0 Å². The molecule has 0 radical (unpaired) electrons. The first-order valence-corrected chi connectivity index (χ1v) is 9.79. The maximum atomic E-state index is 4.64. The van der Waals surface area contributed by atoms with Gasteiger partial charge in [0.15, 0.2) is 5.82 Å². The molecule has 142 valence electrons. The van der Waals surface area contributed by atoms with Crippen molar-refractivity contribution in [1.82, 2.24) is 10.2 Å². The van der Waals surface area contributed by atoms with Gasteiger partial charge in [0.2, 0.25) is 0 Å². The number of hydrogen-bond donors (Lipinski definition) is 0. The van der Waals surface area contributed by atoms with Gasteiger partial charge in [-0.25, -0.2) is 0 Å². The summed E-state index contributed by atoms with van der Waals surface area (Å²) in [4.78, 5) is 2.40. The fraction of sp³-hybridized carbons (Fsp3) is 0.417. The maximum absolute atomic E-state index is 4.64. The molecule has 3 heteroatoms. The zero-order valence-corrected chi connectivity index (χ0v) is 17.8. The third-order valence-corrected chi connectivity index (χ3v) is 5.47. The highest BCUT2D eigenvalue weighted by molar-refractivity contribution is 5.73. The molecule has 1 aromatic carbocycles. The Morgan fingerprint density at radius 1 is 0.889 bits per heavy atom. The first-order valence-electron chi connectivity index (χ1n) is 9.79. The molecule has 1 aromatic heterocycles. The Bertz CT molecular complexity index is 1020. The number of aryl methyl sites for hydroxylation is 2. The van der Waals surface area contributed by atoms with Crippen molar-refractivity contribution in [3.8, 4) is 0 Å². The van der Waals surface area contributed by atoms with Gasteiger partial charge in [0.25, 0.3) is 0 Å². The number of hydrogen-bond acceptors (Lipinski definition) is 3. The SMILES string of the molecule is CC1=C(c2ccccc2C)CCN(c2nnc(C)c(=C(C)C)c2=C(C)C)C1. The molecule has 0 atom stereocenters. The zero-order chi connectivity index (χ0) is 19.7. The monoisotopic (exact) mass is 361 g/mol. The van der Waals surface area contributed by atoms with E-state index in [-0.39, 0.29) is 0 Å². The molecule has 1 aliphatic rings. The highest BCUT2D eigenvalue weighted by Gasteiger charge is 2.21. The normalized spacial score (nSPS) is 14.6. The molecule has 2 heterocycles. The summed E-state index contributed by atoms with van der Waals surface area (Å²) >= 11 is 0. The number of anilines is 1.